The summed E-state index contributed by atoms with van der Waals surface area (Å²) in [5.41, 5.74) is 5.65. The Labute approximate surface area is 74.4 Å². The van der Waals surface area contributed by atoms with Gasteiger partial charge in [0, 0.05) is 0 Å². The van der Waals surface area contributed by atoms with Crippen LogP contribution in [0.15, 0.2) is 0 Å². The molecule has 0 aromatic rings. The van der Waals surface area contributed by atoms with Crippen LogP contribution in [0.1, 0.15) is 32.6 Å². The molecule has 0 heterocycles. The van der Waals surface area contributed by atoms with Gasteiger partial charge in [0.15, 0.2) is 0 Å². The number of hydrogen-bond donors (Lipinski definition) is 2. The van der Waals surface area contributed by atoms with E-state index in [9.17, 15) is 4.79 Å². The molecule has 0 aromatic heterocycles. The summed E-state index contributed by atoms with van der Waals surface area (Å²) in [7, 11) is 0. The van der Waals surface area contributed by atoms with Gasteiger partial charge in [0.1, 0.15) is 6.04 Å². The fraction of sp³-hybridized carbons (Fsp3) is 0.889. The van der Waals surface area contributed by atoms with E-state index in [-0.39, 0.29) is 5.92 Å². The van der Waals surface area contributed by atoms with Gasteiger partial charge >= 0.3 is 5.97 Å². The first-order chi connectivity index (χ1) is 6.15. The molecular weight excluding hydrogens is 154 g/mol. The van der Waals surface area contributed by atoms with Crippen molar-refractivity contribution in [2.75, 3.05) is 0 Å². The minimum atomic E-state index is -0.598. The topological polar surface area (TPSA) is 63.3 Å². The maximum atomic E-state index is 11.0. The van der Waals surface area contributed by atoms with Gasteiger partial charge in [-0.3, -0.25) is 4.79 Å². The molecular formula is C9H17NO2. The third kappa shape index (κ3) is 2.21. The van der Waals surface area contributed by atoms with Crippen molar-refractivity contribution in [3.63, 3.8) is 0 Å². The van der Waals surface area contributed by atoms with Crippen molar-refractivity contribution in [2.45, 2.75) is 38.6 Å². The Hall–Kier alpha value is -0.570. The molecule has 1 atom stereocenters. The normalized spacial score (nSPS) is 33.7. The fourth-order valence-corrected chi connectivity index (χ4v) is 1.84. The molecule has 0 saturated heterocycles. The summed E-state index contributed by atoms with van der Waals surface area (Å²) in [5.74, 6) is 0.365. The molecule has 3 heteroatoms. The summed E-state index contributed by atoms with van der Waals surface area (Å²) >= 11 is 0. The number of nitrogens with two attached hydrogens (primary N) is 1. The van der Waals surface area contributed by atoms with Crippen molar-refractivity contribution in [1.29, 1.82) is 1.43 Å². The van der Waals surface area contributed by atoms with Crippen LogP contribution in [-0.2, 0) is 4.79 Å². The predicted octanol–water partition coefficient (Wildman–Crippen LogP) is 1.22. The molecule has 1 aliphatic rings. The molecule has 0 amide bonds. The summed E-state index contributed by atoms with van der Waals surface area (Å²) in [6.07, 6.45) is 4.22. The van der Waals surface area contributed by atoms with E-state index in [1.807, 2.05) is 0 Å². The molecule has 3 nitrogen and oxygen atoms in total. The Balaban J connectivity index is 2.39. The van der Waals surface area contributed by atoms with E-state index in [0.29, 0.717) is 0 Å². The van der Waals surface area contributed by atoms with Crippen LogP contribution < -0.4 is 5.73 Å². The van der Waals surface area contributed by atoms with Gasteiger partial charge in [0.2, 0.25) is 0 Å². The van der Waals surface area contributed by atoms with E-state index >= 15 is 0 Å². The second-order valence-electron chi connectivity index (χ2n) is 3.86. The average molecular weight is 172 g/mol. The van der Waals surface area contributed by atoms with E-state index in [4.69, 9.17) is 7.16 Å². The van der Waals surface area contributed by atoms with Gasteiger partial charge in [-0.25, -0.2) is 0 Å². The number of carbonyl (C=O) groups is 1. The van der Waals surface area contributed by atoms with Gasteiger partial charge in [0.25, 0.3) is 1.43 Å². The summed E-state index contributed by atoms with van der Waals surface area (Å²) < 4.78 is 6.47. The third-order valence-electron chi connectivity index (χ3n) is 2.84. The third-order valence-corrected chi connectivity index (χ3v) is 2.84. The lowest BCUT2D eigenvalue weighted by Gasteiger charge is -2.28. The number of aliphatic carboxylic acids is 1. The lowest BCUT2D eigenvalue weighted by Crippen LogP contribution is -2.39. The highest BCUT2D eigenvalue weighted by atomic mass is 16.4. The Morgan fingerprint density at radius 3 is 2.67 bits per heavy atom. The summed E-state index contributed by atoms with van der Waals surface area (Å²) in [4.78, 5) is 11.0. The molecule has 1 rings (SSSR count). The number of rotatable bonds is 2. The quantitative estimate of drug-likeness (QED) is 0.658. The molecule has 12 heavy (non-hydrogen) atoms. The van der Waals surface area contributed by atoms with Crippen LogP contribution in [-0.4, -0.2) is 17.1 Å². The maximum absolute atomic E-state index is 11.0. The van der Waals surface area contributed by atoms with Crippen molar-refractivity contribution in [1.82, 2.24) is 0 Å². The van der Waals surface area contributed by atoms with Crippen LogP contribution in [0.5, 0.6) is 0 Å². The van der Waals surface area contributed by atoms with E-state index in [1.165, 1.54) is 0 Å². The first-order valence-electron chi connectivity index (χ1n) is 4.98. The average Bonchev–Trinajstić information content (AvgIpc) is 2.17. The largest absolute Gasteiger partial charge is 0.480 e. The predicted molar refractivity (Wildman–Crippen MR) is 46.7 cm³/mol. The molecule has 0 spiro atoms. The molecule has 70 valence electrons. The van der Waals surface area contributed by atoms with Crippen LogP contribution in [0.25, 0.3) is 1.43 Å². The summed E-state index contributed by atoms with van der Waals surface area (Å²) in [6, 6.07) is -0.593. The molecule has 3 N–H and O–H groups in total. The highest BCUT2D eigenvalue weighted by molar-refractivity contribution is 5.73. The smallest absolute Gasteiger partial charge is 0.320 e. The lowest BCUT2D eigenvalue weighted by molar-refractivity contribution is -0.140. The maximum Gasteiger partial charge on any atom is 0.320 e. The molecule has 1 saturated carbocycles. The fourth-order valence-electron chi connectivity index (χ4n) is 1.84. The van der Waals surface area contributed by atoms with Gasteiger partial charge in [-0.2, -0.15) is 0 Å². The minimum Gasteiger partial charge on any atom is -0.480 e. The highest BCUT2D eigenvalue weighted by Crippen LogP contribution is 2.29. The zero-order valence-corrected chi connectivity index (χ0v) is 7.45. The lowest BCUT2D eigenvalue weighted by atomic mass is 9.79. The van der Waals surface area contributed by atoms with Crippen LogP contribution in [0, 0.1) is 11.8 Å². The molecule has 0 radical (unpaired) electrons. The Morgan fingerprint density at radius 2 is 2.17 bits per heavy atom. The Kier molecular flexibility index (Phi) is 2.61. The molecule has 0 aliphatic heterocycles. The molecule has 0 unspecified atom stereocenters. The van der Waals surface area contributed by atoms with Crippen molar-refractivity contribution in [2.24, 2.45) is 17.6 Å². The van der Waals surface area contributed by atoms with Crippen LogP contribution >= 0.6 is 0 Å². The number of carboxylic acid groups (broad SMARTS) is 1. The van der Waals surface area contributed by atoms with E-state index < -0.39 is 12.0 Å². The molecule has 1 fully saturated rings. The van der Waals surface area contributed by atoms with Crippen molar-refractivity contribution in [3.05, 3.63) is 0 Å². The Bertz CT molecular complexity index is 178. The van der Waals surface area contributed by atoms with E-state index in [1.54, 1.807) is 0 Å². The SMILES string of the molecule is [2H]OC(=O)[C@@H](N)C1CCC(C)CC1. The van der Waals surface area contributed by atoms with Crippen molar-refractivity contribution < 1.29 is 9.90 Å². The van der Waals surface area contributed by atoms with E-state index in [0.717, 1.165) is 31.6 Å². The standard InChI is InChI=1S/C9H17NO2/c1-6-2-4-7(5-3-6)8(10)9(11)12/h6-8H,2-5,10H2,1H3,(H,11,12)/t6?,7?,8-/m0/s1/i/hD. The minimum absolute atomic E-state index is 0.217. The van der Waals surface area contributed by atoms with E-state index in [2.05, 4.69) is 12.0 Å². The van der Waals surface area contributed by atoms with Crippen LogP contribution in [0.2, 0.25) is 0 Å². The zero-order chi connectivity index (χ0) is 9.84. The summed E-state index contributed by atoms with van der Waals surface area (Å²) in [5, 5.41) is 3.88. The van der Waals surface area contributed by atoms with Gasteiger partial charge in [-0.05, 0) is 24.7 Å². The molecule has 1 aliphatic carbocycles. The van der Waals surface area contributed by atoms with Crippen molar-refractivity contribution >= 4 is 5.97 Å². The van der Waals surface area contributed by atoms with Gasteiger partial charge in [0.05, 0.1) is 0 Å². The van der Waals surface area contributed by atoms with Crippen molar-refractivity contribution in [3.8, 4) is 0 Å². The van der Waals surface area contributed by atoms with Gasteiger partial charge < -0.3 is 10.8 Å². The van der Waals surface area contributed by atoms with Gasteiger partial charge in [-0.15, -0.1) is 0 Å². The van der Waals surface area contributed by atoms with Crippen LogP contribution in [0.4, 0.5) is 0 Å². The number of carboxylic acids is 1. The number of hydrogen-bond acceptors (Lipinski definition) is 3. The first kappa shape index (κ1) is 8.05. The Morgan fingerprint density at radius 1 is 1.58 bits per heavy atom. The zero-order valence-electron chi connectivity index (χ0n) is 8.45. The summed E-state index contributed by atoms with van der Waals surface area (Å²) in [6.45, 7) is 2.21. The monoisotopic (exact) mass is 172 g/mol. The first-order valence-corrected chi connectivity index (χ1v) is 4.57. The highest BCUT2D eigenvalue weighted by Gasteiger charge is 2.27. The second-order valence-corrected chi connectivity index (χ2v) is 3.86. The van der Waals surface area contributed by atoms with Crippen LogP contribution in [0.3, 0.4) is 0 Å². The second kappa shape index (κ2) is 3.90. The van der Waals surface area contributed by atoms with Gasteiger partial charge in [-0.1, -0.05) is 19.8 Å². The molecule has 0 bridgehead atoms. The molecule has 0 aromatic carbocycles.